The van der Waals surface area contributed by atoms with Crippen molar-refractivity contribution in [1.82, 2.24) is 19.8 Å². The SMILES string of the molecule is CC(=O)c1cnc2n1CCN(C(=O)/C=C/[C@]1(C)CCCN1)C2. The molecule has 0 radical (unpaired) electrons. The number of nitrogens with zero attached hydrogens (tertiary/aromatic N) is 3. The fourth-order valence-electron chi connectivity index (χ4n) is 3.15. The fourth-order valence-corrected chi connectivity index (χ4v) is 3.15. The molecule has 0 aromatic carbocycles. The van der Waals surface area contributed by atoms with Gasteiger partial charge >= 0.3 is 0 Å². The van der Waals surface area contributed by atoms with E-state index >= 15 is 0 Å². The van der Waals surface area contributed by atoms with Gasteiger partial charge in [0.1, 0.15) is 11.5 Å². The standard InChI is InChI=1S/C16H22N4O2/c1-12(21)13-10-17-14-11-19(8-9-20(13)14)15(22)4-6-16(2)5-3-7-18-16/h4,6,10,18H,3,5,7-9,11H2,1-2H3/b6-4+/t16-/m0/s1. The van der Waals surface area contributed by atoms with Crippen molar-refractivity contribution in [3.05, 3.63) is 29.9 Å². The minimum absolute atomic E-state index is 0.00792. The molecule has 6 nitrogen and oxygen atoms in total. The summed E-state index contributed by atoms with van der Waals surface area (Å²) in [5.74, 6) is 0.801. The minimum Gasteiger partial charge on any atom is -0.330 e. The zero-order chi connectivity index (χ0) is 15.7. The van der Waals surface area contributed by atoms with Crippen molar-refractivity contribution in [2.24, 2.45) is 0 Å². The number of hydrogen-bond donors (Lipinski definition) is 1. The van der Waals surface area contributed by atoms with Crippen LogP contribution in [0.15, 0.2) is 18.3 Å². The van der Waals surface area contributed by atoms with Crippen LogP contribution in [0.1, 0.15) is 43.0 Å². The number of nitrogens with one attached hydrogen (secondary N) is 1. The summed E-state index contributed by atoms with van der Waals surface area (Å²) in [6, 6.07) is 0. The molecule has 0 saturated carbocycles. The van der Waals surface area contributed by atoms with Crippen LogP contribution in [0.2, 0.25) is 0 Å². The van der Waals surface area contributed by atoms with Gasteiger partial charge in [0.25, 0.3) is 0 Å². The molecule has 1 N–H and O–H groups in total. The molecular formula is C16H22N4O2. The molecule has 1 aromatic rings. The van der Waals surface area contributed by atoms with Crippen molar-refractivity contribution in [3.8, 4) is 0 Å². The molecule has 118 valence electrons. The van der Waals surface area contributed by atoms with E-state index < -0.39 is 0 Å². The summed E-state index contributed by atoms with van der Waals surface area (Å²) >= 11 is 0. The first kappa shape index (κ1) is 15.0. The number of aromatic nitrogens is 2. The van der Waals surface area contributed by atoms with E-state index in [2.05, 4.69) is 17.2 Å². The van der Waals surface area contributed by atoms with Crippen molar-refractivity contribution in [1.29, 1.82) is 0 Å². The Morgan fingerprint density at radius 1 is 1.41 bits per heavy atom. The molecule has 1 fully saturated rings. The molecule has 0 aliphatic carbocycles. The van der Waals surface area contributed by atoms with Crippen molar-refractivity contribution in [2.45, 2.75) is 45.3 Å². The predicted octanol–water partition coefficient (Wildman–Crippen LogP) is 1.13. The van der Waals surface area contributed by atoms with Crippen LogP contribution >= 0.6 is 0 Å². The van der Waals surface area contributed by atoms with Crippen LogP contribution in [-0.2, 0) is 17.9 Å². The largest absolute Gasteiger partial charge is 0.330 e. The zero-order valence-corrected chi connectivity index (χ0v) is 13.1. The van der Waals surface area contributed by atoms with Gasteiger partial charge in [-0.1, -0.05) is 6.08 Å². The highest BCUT2D eigenvalue weighted by molar-refractivity contribution is 5.92. The van der Waals surface area contributed by atoms with Crippen molar-refractivity contribution in [2.75, 3.05) is 13.1 Å². The Morgan fingerprint density at radius 3 is 2.91 bits per heavy atom. The highest BCUT2D eigenvalue weighted by Crippen LogP contribution is 2.20. The first-order valence-corrected chi connectivity index (χ1v) is 7.77. The average molecular weight is 302 g/mol. The monoisotopic (exact) mass is 302 g/mol. The lowest BCUT2D eigenvalue weighted by molar-refractivity contribution is -0.127. The Morgan fingerprint density at radius 2 is 2.23 bits per heavy atom. The van der Waals surface area contributed by atoms with Crippen LogP contribution in [0.5, 0.6) is 0 Å². The third-order valence-electron chi connectivity index (χ3n) is 4.53. The molecule has 3 heterocycles. The van der Waals surface area contributed by atoms with Gasteiger partial charge in [-0.3, -0.25) is 9.59 Å². The number of carbonyl (C=O) groups is 2. The molecule has 1 saturated heterocycles. The molecule has 6 heteroatoms. The van der Waals surface area contributed by atoms with Gasteiger partial charge in [0.15, 0.2) is 5.78 Å². The van der Waals surface area contributed by atoms with Crippen LogP contribution in [0, 0.1) is 0 Å². The van der Waals surface area contributed by atoms with E-state index in [4.69, 9.17) is 0 Å². The highest BCUT2D eigenvalue weighted by Gasteiger charge is 2.27. The maximum Gasteiger partial charge on any atom is 0.246 e. The second-order valence-electron chi connectivity index (χ2n) is 6.31. The molecule has 22 heavy (non-hydrogen) atoms. The Kier molecular flexibility index (Phi) is 3.87. The van der Waals surface area contributed by atoms with Gasteiger partial charge < -0.3 is 14.8 Å². The Labute approximate surface area is 130 Å². The molecule has 0 spiro atoms. The van der Waals surface area contributed by atoms with Crippen molar-refractivity contribution >= 4 is 11.7 Å². The number of rotatable bonds is 3. The summed E-state index contributed by atoms with van der Waals surface area (Å²) in [6.45, 7) is 6.35. The number of Topliss-reactive ketones (excluding diaryl/α,β-unsaturated/α-hetero) is 1. The lowest BCUT2D eigenvalue weighted by Gasteiger charge is -2.28. The molecule has 2 aliphatic heterocycles. The normalized spacial score (nSPS) is 24.7. The summed E-state index contributed by atoms with van der Waals surface area (Å²) in [4.78, 5) is 29.9. The van der Waals surface area contributed by atoms with Gasteiger partial charge in [0.05, 0.1) is 12.7 Å². The predicted molar refractivity (Wildman–Crippen MR) is 82.4 cm³/mol. The maximum atomic E-state index is 12.4. The average Bonchev–Trinajstić information content (AvgIpc) is 3.10. The Balaban J connectivity index is 1.68. The molecule has 0 bridgehead atoms. The number of amides is 1. The van der Waals surface area contributed by atoms with Gasteiger partial charge in [-0.2, -0.15) is 0 Å². The van der Waals surface area contributed by atoms with E-state index in [9.17, 15) is 9.59 Å². The number of ketones is 1. The van der Waals surface area contributed by atoms with Gasteiger partial charge in [0, 0.05) is 31.6 Å². The van der Waals surface area contributed by atoms with Gasteiger partial charge in [-0.05, 0) is 26.3 Å². The first-order chi connectivity index (χ1) is 10.5. The van der Waals surface area contributed by atoms with E-state index in [0.29, 0.717) is 25.3 Å². The van der Waals surface area contributed by atoms with Crippen molar-refractivity contribution in [3.63, 3.8) is 0 Å². The summed E-state index contributed by atoms with van der Waals surface area (Å²) in [5, 5.41) is 3.41. The third kappa shape index (κ3) is 2.83. The minimum atomic E-state index is -0.0638. The van der Waals surface area contributed by atoms with E-state index in [1.807, 2.05) is 10.6 Å². The molecule has 1 atom stereocenters. The molecule has 0 unspecified atom stereocenters. The van der Waals surface area contributed by atoms with Gasteiger partial charge in [-0.15, -0.1) is 0 Å². The van der Waals surface area contributed by atoms with Crippen LogP contribution < -0.4 is 5.32 Å². The number of carbonyl (C=O) groups excluding carboxylic acids is 2. The molecule has 2 aliphatic rings. The number of imidazole rings is 1. The van der Waals surface area contributed by atoms with Crippen LogP contribution in [-0.4, -0.2) is 44.8 Å². The van der Waals surface area contributed by atoms with E-state index in [-0.39, 0.29) is 17.2 Å². The molecule has 1 aromatic heterocycles. The van der Waals surface area contributed by atoms with Crippen molar-refractivity contribution < 1.29 is 9.59 Å². The molecule has 1 amide bonds. The van der Waals surface area contributed by atoms with Crippen LogP contribution in [0.4, 0.5) is 0 Å². The molecule has 3 rings (SSSR count). The summed E-state index contributed by atoms with van der Waals surface area (Å²) in [6.07, 6.45) is 7.45. The second-order valence-corrected chi connectivity index (χ2v) is 6.31. The van der Waals surface area contributed by atoms with Gasteiger partial charge in [-0.25, -0.2) is 4.98 Å². The first-order valence-electron chi connectivity index (χ1n) is 7.77. The Hall–Kier alpha value is -1.95. The lowest BCUT2D eigenvalue weighted by Crippen LogP contribution is -2.39. The van der Waals surface area contributed by atoms with E-state index in [0.717, 1.165) is 25.2 Å². The fraction of sp³-hybridized carbons (Fsp3) is 0.562. The quantitative estimate of drug-likeness (QED) is 0.671. The smallest absolute Gasteiger partial charge is 0.246 e. The summed E-state index contributed by atoms with van der Waals surface area (Å²) in [5.41, 5.74) is 0.562. The summed E-state index contributed by atoms with van der Waals surface area (Å²) in [7, 11) is 0. The second kappa shape index (κ2) is 5.68. The lowest BCUT2D eigenvalue weighted by atomic mass is 10.00. The van der Waals surface area contributed by atoms with E-state index in [1.165, 1.54) is 0 Å². The molecular weight excluding hydrogens is 280 g/mol. The maximum absolute atomic E-state index is 12.4. The van der Waals surface area contributed by atoms with Gasteiger partial charge in [0.2, 0.25) is 5.91 Å². The topological polar surface area (TPSA) is 67.2 Å². The number of fused-ring (bicyclic) bond motifs is 1. The van der Waals surface area contributed by atoms with E-state index in [1.54, 1.807) is 24.1 Å². The zero-order valence-electron chi connectivity index (χ0n) is 13.1. The third-order valence-corrected chi connectivity index (χ3v) is 4.53. The van der Waals surface area contributed by atoms with Crippen LogP contribution in [0.3, 0.4) is 0 Å². The Bertz CT molecular complexity index is 626. The highest BCUT2D eigenvalue weighted by atomic mass is 16.2. The van der Waals surface area contributed by atoms with Crippen LogP contribution in [0.25, 0.3) is 0 Å². The summed E-state index contributed by atoms with van der Waals surface area (Å²) < 4.78 is 1.91. The number of hydrogen-bond acceptors (Lipinski definition) is 4.